The second kappa shape index (κ2) is 5.88. The van der Waals surface area contributed by atoms with Gasteiger partial charge in [-0.3, -0.25) is 4.79 Å². The molecular formula is C17H16O3. The van der Waals surface area contributed by atoms with E-state index in [0.29, 0.717) is 30.8 Å². The molecule has 2 aromatic rings. The first-order valence-electron chi connectivity index (χ1n) is 6.77. The third kappa shape index (κ3) is 2.89. The molecule has 1 heterocycles. The van der Waals surface area contributed by atoms with Gasteiger partial charge >= 0.3 is 0 Å². The fourth-order valence-electron chi connectivity index (χ4n) is 2.26. The fourth-order valence-corrected chi connectivity index (χ4v) is 2.26. The summed E-state index contributed by atoms with van der Waals surface area (Å²) in [5, 5.41) is 0. The Bertz CT molecular complexity index is 592. The minimum absolute atomic E-state index is 0.117. The van der Waals surface area contributed by atoms with Gasteiger partial charge in [-0.2, -0.15) is 0 Å². The lowest BCUT2D eigenvalue weighted by molar-refractivity contribution is -0.0913. The first-order valence-corrected chi connectivity index (χ1v) is 6.77. The second-order valence-corrected chi connectivity index (χ2v) is 4.80. The van der Waals surface area contributed by atoms with E-state index in [9.17, 15) is 4.79 Å². The first kappa shape index (κ1) is 12.9. The van der Waals surface area contributed by atoms with Crippen molar-refractivity contribution in [2.24, 2.45) is 0 Å². The molecule has 3 rings (SSSR count). The predicted octanol–water partition coefficient (Wildman–Crippen LogP) is 3.58. The highest BCUT2D eigenvalue weighted by atomic mass is 16.7. The van der Waals surface area contributed by atoms with Gasteiger partial charge in [0.25, 0.3) is 0 Å². The van der Waals surface area contributed by atoms with Crippen LogP contribution < -0.4 is 4.74 Å². The van der Waals surface area contributed by atoms with Crippen LogP contribution in [-0.2, 0) is 11.3 Å². The highest BCUT2D eigenvalue weighted by Crippen LogP contribution is 2.27. The number of ether oxygens (including phenoxy) is 2. The summed E-state index contributed by atoms with van der Waals surface area (Å²) < 4.78 is 11.6. The third-order valence-corrected chi connectivity index (χ3v) is 3.33. The highest BCUT2D eigenvalue weighted by molar-refractivity contribution is 5.98. The molecule has 20 heavy (non-hydrogen) atoms. The molecule has 102 valence electrons. The molecule has 1 atom stereocenters. The summed E-state index contributed by atoms with van der Waals surface area (Å²) in [6.07, 6.45) is 0.666. The molecule has 0 amide bonds. The van der Waals surface area contributed by atoms with Crippen molar-refractivity contribution in [2.75, 3.05) is 0 Å². The third-order valence-electron chi connectivity index (χ3n) is 3.33. The summed E-state index contributed by atoms with van der Waals surface area (Å²) in [5.74, 6) is 0.736. The van der Waals surface area contributed by atoms with Crippen molar-refractivity contribution >= 4 is 5.78 Å². The van der Waals surface area contributed by atoms with E-state index in [4.69, 9.17) is 9.47 Å². The molecule has 0 saturated heterocycles. The fraction of sp³-hybridized carbons (Fsp3) is 0.235. The monoisotopic (exact) mass is 268 g/mol. The molecule has 0 N–H and O–H groups in total. The summed E-state index contributed by atoms with van der Waals surface area (Å²) in [6.45, 7) is 0.488. The van der Waals surface area contributed by atoms with Crippen molar-refractivity contribution in [1.82, 2.24) is 0 Å². The number of rotatable bonds is 3. The van der Waals surface area contributed by atoms with Crippen LogP contribution in [-0.4, -0.2) is 12.1 Å². The van der Waals surface area contributed by atoms with Gasteiger partial charge < -0.3 is 9.47 Å². The molecule has 1 aliphatic rings. The van der Waals surface area contributed by atoms with Crippen molar-refractivity contribution in [3.63, 3.8) is 0 Å². The maximum absolute atomic E-state index is 12.0. The van der Waals surface area contributed by atoms with Gasteiger partial charge in [-0.1, -0.05) is 42.5 Å². The van der Waals surface area contributed by atoms with E-state index in [1.807, 2.05) is 48.5 Å². The number of carbonyl (C=O) groups excluding carboxylic acids is 1. The Kier molecular flexibility index (Phi) is 3.79. The Morgan fingerprint density at radius 3 is 2.65 bits per heavy atom. The lowest BCUT2D eigenvalue weighted by atomic mass is 10.1. The van der Waals surface area contributed by atoms with Gasteiger partial charge in [0.05, 0.1) is 12.2 Å². The van der Waals surface area contributed by atoms with Crippen LogP contribution in [0.5, 0.6) is 5.75 Å². The van der Waals surface area contributed by atoms with Crippen LogP contribution in [0.4, 0.5) is 0 Å². The van der Waals surface area contributed by atoms with E-state index in [-0.39, 0.29) is 12.1 Å². The van der Waals surface area contributed by atoms with Gasteiger partial charge in [-0.25, -0.2) is 0 Å². The van der Waals surface area contributed by atoms with E-state index in [1.165, 1.54) is 0 Å². The molecule has 0 radical (unpaired) electrons. The number of para-hydroxylation sites is 1. The SMILES string of the molecule is O=C1CCC(OCc2ccccc2)Oc2ccccc21. The van der Waals surface area contributed by atoms with Gasteiger partial charge in [0, 0.05) is 12.8 Å². The van der Waals surface area contributed by atoms with Crippen molar-refractivity contribution in [3.05, 3.63) is 65.7 Å². The van der Waals surface area contributed by atoms with Crippen molar-refractivity contribution in [2.45, 2.75) is 25.7 Å². The molecule has 0 bridgehead atoms. The molecule has 3 heteroatoms. The number of carbonyl (C=O) groups is 1. The Morgan fingerprint density at radius 1 is 1.05 bits per heavy atom. The molecule has 0 aromatic heterocycles. The number of ketones is 1. The molecule has 0 saturated carbocycles. The molecule has 0 spiro atoms. The average Bonchev–Trinajstić information content (AvgIpc) is 2.66. The number of fused-ring (bicyclic) bond motifs is 1. The smallest absolute Gasteiger partial charge is 0.200 e. The standard InChI is InChI=1S/C17H16O3/c18-15-10-11-17(19-12-13-6-2-1-3-7-13)20-16-9-5-4-8-14(15)16/h1-9,17H,10-12H2. The molecule has 1 unspecified atom stereocenters. The Hall–Kier alpha value is -2.13. The lowest BCUT2D eigenvalue weighted by Crippen LogP contribution is -2.19. The molecule has 0 fully saturated rings. The van der Waals surface area contributed by atoms with E-state index >= 15 is 0 Å². The zero-order valence-corrected chi connectivity index (χ0v) is 11.1. The summed E-state index contributed by atoms with van der Waals surface area (Å²) in [4.78, 5) is 12.0. The number of hydrogen-bond acceptors (Lipinski definition) is 3. The summed E-state index contributed by atoms with van der Waals surface area (Å²) in [7, 11) is 0. The zero-order chi connectivity index (χ0) is 13.8. The van der Waals surface area contributed by atoms with Gasteiger partial charge in [0.15, 0.2) is 5.78 Å². The number of hydrogen-bond donors (Lipinski definition) is 0. The summed E-state index contributed by atoms with van der Waals surface area (Å²) in [5.41, 5.74) is 1.75. The molecule has 3 nitrogen and oxygen atoms in total. The second-order valence-electron chi connectivity index (χ2n) is 4.80. The van der Waals surface area contributed by atoms with Crippen molar-refractivity contribution in [1.29, 1.82) is 0 Å². The Labute approximate surface area is 118 Å². The van der Waals surface area contributed by atoms with Crippen LogP contribution in [0.2, 0.25) is 0 Å². The molecular weight excluding hydrogens is 252 g/mol. The summed E-state index contributed by atoms with van der Waals surface area (Å²) >= 11 is 0. The minimum Gasteiger partial charge on any atom is -0.464 e. The van der Waals surface area contributed by atoms with Crippen LogP contribution in [0.3, 0.4) is 0 Å². The van der Waals surface area contributed by atoms with Gasteiger partial charge in [0.1, 0.15) is 5.75 Å². The maximum Gasteiger partial charge on any atom is 0.200 e. The van der Waals surface area contributed by atoms with Gasteiger partial charge in [0.2, 0.25) is 6.29 Å². The normalized spacial score (nSPS) is 18.0. The van der Waals surface area contributed by atoms with Crippen LogP contribution in [0.25, 0.3) is 0 Å². The van der Waals surface area contributed by atoms with Crippen molar-refractivity contribution in [3.8, 4) is 5.75 Å². The molecule has 0 aliphatic carbocycles. The minimum atomic E-state index is -0.372. The van der Waals surface area contributed by atoms with Crippen molar-refractivity contribution < 1.29 is 14.3 Å². The van der Waals surface area contributed by atoms with Gasteiger partial charge in [-0.05, 0) is 17.7 Å². The maximum atomic E-state index is 12.0. The van der Waals surface area contributed by atoms with Crippen LogP contribution >= 0.6 is 0 Å². The topological polar surface area (TPSA) is 35.5 Å². The average molecular weight is 268 g/mol. The van der Waals surface area contributed by atoms with Crippen LogP contribution in [0, 0.1) is 0 Å². The van der Waals surface area contributed by atoms with E-state index in [0.717, 1.165) is 5.56 Å². The van der Waals surface area contributed by atoms with Gasteiger partial charge in [-0.15, -0.1) is 0 Å². The quantitative estimate of drug-likeness (QED) is 0.853. The zero-order valence-electron chi connectivity index (χ0n) is 11.1. The first-order chi connectivity index (χ1) is 9.83. The van der Waals surface area contributed by atoms with E-state index in [1.54, 1.807) is 6.07 Å². The Morgan fingerprint density at radius 2 is 1.80 bits per heavy atom. The molecule has 1 aliphatic heterocycles. The van der Waals surface area contributed by atoms with E-state index in [2.05, 4.69) is 0 Å². The Balaban J connectivity index is 1.69. The summed E-state index contributed by atoms with van der Waals surface area (Å²) in [6, 6.07) is 17.3. The van der Waals surface area contributed by atoms with E-state index < -0.39 is 0 Å². The predicted molar refractivity (Wildman–Crippen MR) is 75.7 cm³/mol. The number of Topliss-reactive ketones (excluding diaryl/α,β-unsaturated/α-hetero) is 1. The largest absolute Gasteiger partial charge is 0.464 e. The lowest BCUT2D eigenvalue weighted by Gasteiger charge is -2.17. The highest BCUT2D eigenvalue weighted by Gasteiger charge is 2.22. The molecule has 2 aromatic carbocycles. The van der Waals surface area contributed by atoms with Crippen LogP contribution in [0.15, 0.2) is 54.6 Å². The number of benzene rings is 2. The van der Waals surface area contributed by atoms with Crippen LogP contribution in [0.1, 0.15) is 28.8 Å².